The van der Waals surface area contributed by atoms with Crippen molar-refractivity contribution in [3.8, 4) is 0 Å². The van der Waals surface area contributed by atoms with Crippen molar-refractivity contribution in [2.24, 2.45) is 0 Å². The van der Waals surface area contributed by atoms with E-state index < -0.39 is 10.0 Å². The summed E-state index contributed by atoms with van der Waals surface area (Å²) in [5.74, 6) is 0.855. The number of carbonyl (C=O) groups excluding carboxylic acids is 1. The number of amides is 1. The Morgan fingerprint density at radius 2 is 1.67 bits per heavy atom. The number of hydrogen-bond donors (Lipinski definition) is 0. The van der Waals surface area contributed by atoms with Crippen LogP contribution >= 0.6 is 11.8 Å². The lowest BCUT2D eigenvalue weighted by molar-refractivity contribution is 0.0667. The van der Waals surface area contributed by atoms with Gasteiger partial charge in [-0.25, -0.2) is 8.42 Å². The molecule has 0 radical (unpaired) electrons. The molecule has 0 bridgehead atoms. The van der Waals surface area contributed by atoms with Crippen LogP contribution in [0.4, 0.5) is 0 Å². The zero-order chi connectivity index (χ0) is 21.1. The molecule has 1 saturated heterocycles. The summed E-state index contributed by atoms with van der Waals surface area (Å²) >= 11 is 1.64. The zero-order valence-electron chi connectivity index (χ0n) is 16.8. The first-order valence-electron chi connectivity index (χ1n) is 9.80. The van der Waals surface area contributed by atoms with Gasteiger partial charge in [0.1, 0.15) is 5.58 Å². The van der Waals surface area contributed by atoms with Crippen LogP contribution in [0.1, 0.15) is 21.7 Å². The van der Waals surface area contributed by atoms with Gasteiger partial charge < -0.3 is 9.32 Å². The van der Waals surface area contributed by atoms with E-state index in [1.165, 1.54) is 4.31 Å². The van der Waals surface area contributed by atoms with Gasteiger partial charge in [-0.05, 0) is 17.9 Å². The predicted octanol–water partition coefficient (Wildman–Crippen LogP) is 3.58. The van der Waals surface area contributed by atoms with E-state index >= 15 is 0 Å². The smallest absolute Gasteiger partial charge is 0.290 e. The molecule has 0 atom stereocenters. The fourth-order valence-corrected chi connectivity index (χ4v) is 5.84. The van der Waals surface area contributed by atoms with Gasteiger partial charge in [0, 0.05) is 42.9 Å². The van der Waals surface area contributed by atoms with Gasteiger partial charge >= 0.3 is 0 Å². The number of para-hydroxylation sites is 1. The number of nitrogens with zero attached hydrogens (tertiary/aromatic N) is 2. The molecule has 6 nitrogen and oxygen atoms in total. The van der Waals surface area contributed by atoms with Crippen molar-refractivity contribution < 1.29 is 17.6 Å². The Balaban J connectivity index is 1.47. The van der Waals surface area contributed by atoms with Gasteiger partial charge in [0.25, 0.3) is 5.91 Å². The number of carbonyl (C=O) groups is 1. The average molecular weight is 445 g/mol. The molecule has 158 valence electrons. The normalized spacial score (nSPS) is 15.6. The van der Waals surface area contributed by atoms with E-state index in [9.17, 15) is 13.2 Å². The van der Waals surface area contributed by atoms with Gasteiger partial charge in [-0.2, -0.15) is 16.1 Å². The van der Waals surface area contributed by atoms with Crippen molar-refractivity contribution in [2.75, 3.05) is 32.4 Å². The van der Waals surface area contributed by atoms with Gasteiger partial charge in [0.2, 0.25) is 10.0 Å². The maximum absolute atomic E-state index is 13.2. The molecular formula is C22H24N2O4S2. The third-order valence-electron chi connectivity index (χ3n) is 5.29. The number of piperazine rings is 1. The number of sulfonamides is 1. The van der Waals surface area contributed by atoms with E-state index in [2.05, 4.69) is 0 Å². The molecule has 0 aliphatic carbocycles. The number of thioether (sulfide) groups is 1. The molecule has 0 N–H and O–H groups in total. The summed E-state index contributed by atoms with van der Waals surface area (Å²) in [6.07, 6.45) is 1.99. The molecule has 0 unspecified atom stereocenters. The quantitative estimate of drug-likeness (QED) is 0.581. The van der Waals surface area contributed by atoms with Crippen LogP contribution < -0.4 is 0 Å². The van der Waals surface area contributed by atoms with Crippen molar-refractivity contribution in [1.29, 1.82) is 0 Å². The Kier molecular flexibility index (Phi) is 6.17. The monoisotopic (exact) mass is 444 g/mol. The Morgan fingerprint density at radius 3 is 2.37 bits per heavy atom. The van der Waals surface area contributed by atoms with Crippen LogP contribution in [0.2, 0.25) is 0 Å². The zero-order valence-corrected chi connectivity index (χ0v) is 18.4. The number of fused-ring (bicyclic) bond motifs is 1. The van der Waals surface area contributed by atoms with Crippen LogP contribution in [0.25, 0.3) is 11.0 Å². The minimum absolute atomic E-state index is 0.0246. The standard InChI is InChI=1S/C22H24N2O4S2/c1-29-15-19-18-9-5-6-10-20(18)28-21(19)22(25)23-11-13-24(14-12-23)30(26,27)16-17-7-3-2-4-8-17/h2-10H,11-16H2,1H3. The van der Waals surface area contributed by atoms with Gasteiger partial charge in [0.15, 0.2) is 5.76 Å². The Labute approximate surface area is 180 Å². The van der Waals surface area contributed by atoms with E-state index in [4.69, 9.17) is 4.42 Å². The van der Waals surface area contributed by atoms with Crippen molar-refractivity contribution in [1.82, 2.24) is 9.21 Å². The van der Waals surface area contributed by atoms with Gasteiger partial charge in [-0.1, -0.05) is 48.5 Å². The summed E-state index contributed by atoms with van der Waals surface area (Å²) in [5, 5.41) is 0.958. The summed E-state index contributed by atoms with van der Waals surface area (Å²) in [5.41, 5.74) is 2.37. The molecule has 1 aromatic heterocycles. The third kappa shape index (κ3) is 4.26. The van der Waals surface area contributed by atoms with Crippen LogP contribution in [-0.2, 0) is 21.5 Å². The molecule has 0 saturated carbocycles. The highest BCUT2D eigenvalue weighted by Gasteiger charge is 2.31. The first kappa shape index (κ1) is 21.0. The number of furan rings is 1. The minimum atomic E-state index is -3.42. The van der Waals surface area contributed by atoms with E-state index in [1.807, 2.05) is 60.9 Å². The second-order valence-corrected chi connectivity index (χ2v) is 10.1. The third-order valence-corrected chi connectivity index (χ3v) is 7.72. The summed E-state index contributed by atoms with van der Waals surface area (Å²) in [6.45, 7) is 1.28. The lowest BCUT2D eigenvalue weighted by Crippen LogP contribution is -2.50. The number of rotatable bonds is 6. The SMILES string of the molecule is CSCc1c(C(=O)N2CCN(S(=O)(=O)Cc3ccccc3)CC2)oc2ccccc12. The summed E-state index contributed by atoms with van der Waals surface area (Å²) in [7, 11) is -3.42. The molecule has 0 spiro atoms. The fourth-order valence-electron chi connectivity index (χ4n) is 3.75. The van der Waals surface area contributed by atoms with E-state index in [0.29, 0.717) is 43.3 Å². The molecule has 4 rings (SSSR count). The van der Waals surface area contributed by atoms with E-state index in [0.717, 1.165) is 16.5 Å². The van der Waals surface area contributed by atoms with Crippen molar-refractivity contribution in [3.63, 3.8) is 0 Å². The first-order valence-corrected chi connectivity index (χ1v) is 12.8. The van der Waals surface area contributed by atoms with Crippen LogP contribution in [0, 0.1) is 0 Å². The molecule has 8 heteroatoms. The topological polar surface area (TPSA) is 70.8 Å². The number of hydrogen-bond acceptors (Lipinski definition) is 5. The first-order chi connectivity index (χ1) is 14.5. The summed E-state index contributed by atoms with van der Waals surface area (Å²) in [6, 6.07) is 16.8. The summed E-state index contributed by atoms with van der Waals surface area (Å²) < 4.78 is 32.9. The van der Waals surface area contributed by atoms with Crippen molar-refractivity contribution in [2.45, 2.75) is 11.5 Å². The fraction of sp³-hybridized carbons (Fsp3) is 0.318. The maximum Gasteiger partial charge on any atom is 0.290 e. The highest BCUT2D eigenvalue weighted by molar-refractivity contribution is 7.97. The van der Waals surface area contributed by atoms with Crippen molar-refractivity contribution in [3.05, 3.63) is 71.5 Å². The average Bonchev–Trinajstić information content (AvgIpc) is 3.13. The molecule has 2 heterocycles. The highest BCUT2D eigenvalue weighted by atomic mass is 32.2. The summed E-state index contributed by atoms with van der Waals surface area (Å²) in [4.78, 5) is 14.9. The molecule has 1 amide bonds. The minimum Gasteiger partial charge on any atom is -0.451 e. The molecule has 2 aromatic carbocycles. The Hall–Kier alpha value is -2.29. The van der Waals surface area contributed by atoms with Crippen LogP contribution in [0.3, 0.4) is 0 Å². The predicted molar refractivity (Wildman–Crippen MR) is 120 cm³/mol. The van der Waals surface area contributed by atoms with Crippen LogP contribution in [0.5, 0.6) is 0 Å². The molecule has 1 aliphatic heterocycles. The molecule has 1 aliphatic rings. The molecular weight excluding hydrogens is 420 g/mol. The Bertz CT molecular complexity index is 1130. The lowest BCUT2D eigenvalue weighted by Gasteiger charge is -2.33. The lowest BCUT2D eigenvalue weighted by atomic mass is 10.1. The van der Waals surface area contributed by atoms with Crippen molar-refractivity contribution >= 4 is 38.7 Å². The Morgan fingerprint density at radius 1 is 1.00 bits per heavy atom. The largest absolute Gasteiger partial charge is 0.451 e. The second-order valence-electron chi connectivity index (χ2n) is 7.27. The van der Waals surface area contributed by atoms with E-state index in [1.54, 1.807) is 16.7 Å². The van der Waals surface area contributed by atoms with E-state index in [-0.39, 0.29) is 11.7 Å². The van der Waals surface area contributed by atoms with Gasteiger partial charge in [0.05, 0.1) is 5.75 Å². The van der Waals surface area contributed by atoms with Gasteiger partial charge in [-0.3, -0.25) is 4.79 Å². The van der Waals surface area contributed by atoms with Crippen LogP contribution in [-0.4, -0.2) is 56.0 Å². The molecule has 3 aromatic rings. The highest BCUT2D eigenvalue weighted by Crippen LogP contribution is 2.30. The van der Waals surface area contributed by atoms with Crippen LogP contribution in [0.15, 0.2) is 59.0 Å². The molecule has 1 fully saturated rings. The maximum atomic E-state index is 13.2. The number of benzene rings is 2. The van der Waals surface area contributed by atoms with Gasteiger partial charge in [-0.15, -0.1) is 0 Å². The second kappa shape index (κ2) is 8.83. The molecule has 30 heavy (non-hydrogen) atoms.